The van der Waals surface area contributed by atoms with Crippen LogP contribution in [0.3, 0.4) is 0 Å². The topological polar surface area (TPSA) is 55.5 Å². The van der Waals surface area contributed by atoms with E-state index in [2.05, 4.69) is 0 Å². The van der Waals surface area contributed by atoms with Gasteiger partial charge in [0.1, 0.15) is 11.4 Å². The minimum absolute atomic E-state index is 0.243. The average molecular weight is 179 g/mol. The molecule has 0 amide bonds. The van der Waals surface area contributed by atoms with Crippen molar-refractivity contribution in [2.45, 2.75) is 12.0 Å². The summed E-state index contributed by atoms with van der Waals surface area (Å²) in [7, 11) is 0. The van der Waals surface area contributed by atoms with Crippen molar-refractivity contribution in [3.05, 3.63) is 29.8 Å². The van der Waals surface area contributed by atoms with E-state index < -0.39 is 5.60 Å². The molecule has 3 N–H and O–H groups in total. The molecule has 13 heavy (non-hydrogen) atoms. The summed E-state index contributed by atoms with van der Waals surface area (Å²) in [6, 6.07) is 7.49. The van der Waals surface area contributed by atoms with Gasteiger partial charge in [-0.05, 0) is 6.07 Å². The highest BCUT2D eigenvalue weighted by Gasteiger charge is 2.33. The minimum atomic E-state index is -0.894. The second-order valence-corrected chi connectivity index (χ2v) is 3.33. The Labute approximate surface area is 77.1 Å². The minimum Gasteiger partial charge on any atom is -0.493 e. The van der Waals surface area contributed by atoms with E-state index in [1.807, 2.05) is 24.3 Å². The first-order valence-corrected chi connectivity index (χ1v) is 4.41. The van der Waals surface area contributed by atoms with Crippen LogP contribution >= 0.6 is 0 Å². The summed E-state index contributed by atoms with van der Waals surface area (Å²) in [5.74, 6) is 0.752. The summed E-state index contributed by atoms with van der Waals surface area (Å²) in [5.41, 5.74) is 5.46. The highest BCUT2D eigenvalue weighted by atomic mass is 16.5. The first-order valence-electron chi connectivity index (χ1n) is 4.41. The van der Waals surface area contributed by atoms with Crippen molar-refractivity contribution < 1.29 is 9.84 Å². The molecule has 1 unspecified atom stereocenters. The van der Waals surface area contributed by atoms with E-state index in [1.54, 1.807) is 0 Å². The zero-order chi connectivity index (χ0) is 9.31. The molecule has 0 spiro atoms. The normalized spacial score (nSPS) is 26.3. The molecule has 0 saturated carbocycles. The Morgan fingerprint density at radius 2 is 2.23 bits per heavy atom. The maximum atomic E-state index is 10.1. The summed E-state index contributed by atoms with van der Waals surface area (Å²) >= 11 is 0. The van der Waals surface area contributed by atoms with Crippen molar-refractivity contribution in [1.82, 2.24) is 0 Å². The smallest absolute Gasteiger partial charge is 0.125 e. The van der Waals surface area contributed by atoms with Gasteiger partial charge in [0.2, 0.25) is 0 Å². The number of rotatable bonds is 1. The molecule has 0 aliphatic carbocycles. The Morgan fingerprint density at radius 1 is 1.46 bits per heavy atom. The fraction of sp³-hybridized carbons (Fsp3) is 0.400. The number of hydrogen-bond acceptors (Lipinski definition) is 3. The molecule has 1 aliphatic heterocycles. The van der Waals surface area contributed by atoms with E-state index in [1.165, 1.54) is 0 Å². The SMILES string of the molecule is NCC1(O)CCOc2ccccc21. The van der Waals surface area contributed by atoms with E-state index in [0.717, 1.165) is 11.3 Å². The van der Waals surface area contributed by atoms with Crippen molar-refractivity contribution in [3.8, 4) is 5.75 Å². The molecule has 3 nitrogen and oxygen atoms in total. The zero-order valence-corrected chi connectivity index (χ0v) is 7.36. The number of fused-ring (bicyclic) bond motifs is 1. The third kappa shape index (κ3) is 1.30. The summed E-state index contributed by atoms with van der Waals surface area (Å²) in [6.07, 6.45) is 0.570. The molecule has 1 aromatic rings. The van der Waals surface area contributed by atoms with Crippen molar-refractivity contribution in [2.75, 3.05) is 13.2 Å². The van der Waals surface area contributed by atoms with E-state index >= 15 is 0 Å². The second kappa shape index (κ2) is 3.01. The summed E-state index contributed by atoms with van der Waals surface area (Å²) in [6.45, 7) is 0.776. The average Bonchev–Trinajstić information content (AvgIpc) is 2.19. The first-order chi connectivity index (χ1) is 6.26. The lowest BCUT2D eigenvalue weighted by molar-refractivity contribution is 0.00535. The molecule has 2 rings (SSSR count). The summed E-state index contributed by atoms with van der Waals surface area (Å²) < 4.78 is 5.41. The van der Waals surface area contributed by atoms with Gasteiger partial charge in [-0.1, -0.05) is 18.2 Å². The van der Waals surface area contributed by atoms with Crippen LogP contribution in [0.4, 0.5) is 0 Å². The number of aliphatic hydroxyl groups is 1. The van der Waals surface area contributed by atoms with E-state index in [4.69, 9.17) is 10.5 Å². The molecule has 70 valence electrons. The van der Waals surface area contributed by atoms with Gasteiger partial charge in [-0.3, -0.25) is 0 Å². The molecule has 0 aromatic heterocycles. The molecular weight excluding hydrogens is 166 g/mol. The van der Waals surface area contributed by atoms with Crippen LogP contribution in [0.2, 0.25) is 0 Å². The lowest BCUT2D eigenvalue weighted by Crippen LogP contribution is -2.39. The summed E-state index contributed by atoms with van der Waals surface area (Å²) in [4.78, 5) is 0. The first kappa shape index (κ1) is 8.53. The van der Waals surface area contributed by atoms with Crippen LogP contribution < -0.4 is 10.5 Å². The Balaban J connectivity index is 2.48. The number of para-hydroxylation sites is 1. The van der Waals surface area contributed by atoms with E-state index in [9.17, 15) is 5.11 Å². The Hall–Kier alpha value is -1.06. The van der Waals surface area contributed by atoms with Crippen molar-refractivity contribution in [2.24, 2.45) is 5.73 Å². The van der Waals surface area contributed by atoms with Crippen LogP contribution in [0, 0.1) is 0 Å². The largest absolute Gasteiger partial charge is 0.493 e. The molecule has 1 aliphatic rings. The molecule has 0 fully saturated rings. The van der Waals surface area contributed by atoms with Crippen LogP contribution in [-0.2, 0) is 5.60 Å². The standard InChI is InChI=1S/C10H13NO2/c11-7-10(12)5-6-13-9-4-2-1-3-8(9)10/h1-4,12H,5-7,11H2. The molecule has 0 bridgehead atoms. The third-order valence-electron chi connectivity index (χ3n) is 2.50. The van der Waals surface area contributed by atoms with Crippen LogP contribution in [0.15, 0.2) is 24.3 Å². The van der Waals surface area contributed by atoms with Gasteiger partial charge in [0.05, 0.1) is 6.61 Å². The molecule has 1 aromatic carbocycles. The lowest BCUT2D eigenvalue weighted by atomic mass is 9.88. The molecule has 3 heteroatoms. The maximum Gasteiger partial charge on any atom is 0.125 e. The Kier molecular flexibility index (Phi) is 1.98. The lowest BCUT2D eigenvalue weighted by Gasteiger charge is -2.33. The second-order valence-electron chi connectivity index (χ2n) is 3.33. The van der Waals surface area contributed by atoms with Gasteiger partial charge < -0.3 is 15.6 Å². The molecule has 0 saturated heterocycles. The van der Waals surface area contributed by atoms with Gasteiger partial charge in [-0.15, -0.1) is 0 Å². The van der Waals surface area contributed by atoms with Crippen LogP contribution in [-0.4, -0.2) is 18.3 Å². The fourth-order valence-corrected chi connectivity index (χ4v) is 1.65. The zero-order valence-electron chi connectivity index (χ0n) is 7.36. The number of benzene rings is 1. The van der Waals surface area contributed by atoms with Crippen molar-refractivity contribution in [1.29, 1.82) is 0 Å². The Morgan fingerprint density at radius 3 is 3.00 bits per heavy atom. The number of nitrogens with two attached hydrogens (primary N) is 1. The van der Waals surface area contributed by atoms with Gasteiger partial charge in [-0.25, -0.2) is 0 Å². The summed E-state index contributed by atoms with van der Waals surface area (Å²) in [5, 5.41) is 10.1. The van der Waals surface area contributed by atoms with Crippen LogP contribution in [0.1, 0.15) is 12.0 Å². The molecular formula is C10H13NO2. The number of ether oxygens (including phenoxy) is 1. The van der Waals surface area contributed by atoms with Gasteiger partial charge in [0.15, 0.2) is 0 Å². The monoisotopic (exact) mass is 179 g/mol. The van der Waals surface area contributed by atoms with Crippen LogP contribution in [0.5, 0.6) is 5.75 Å². The van der Waals surface area contributed by atoms with Gasteiger partial charge >= 0.3 is 0 Å². The molecule has 1 heterocycles. The van der Waals surface area contributed by atoms with Gasteiger partial charge in [0.25, 0.3) is 0 Å². The predicted octanol–water partition coefficient (Wildman–Crippen LogP) is 0.615. The third-order valence-corrected chi connectivity index (χ3v) is 2.50. The molecule has 1 atom stereocenters. The van der Waals surface area contributed by atoms with Crippen molar-refractivity contribution >= 4 is 0 Å². The van der Waals surface area contributed by atoms with E-state index in [0.29, 0.717) is 13.0 Å². The van der Waals surface area contributed by atoms with Crippen molar-refractivity contribution in [3.63, 3.8) is 0 Å². The predicted molar refractivity (Wildman–Crippen MR) is 49.5 cm³/mol. The fourth-order valence-electron chi connectivity index (χ4n) is 1.65. The van der Waals surface area contributed by atoms with Crippen LogP contribution in [0.25, 0.3) is 0 Å². The maximum absolute atomic E-state index is 10.1. The highest BCUT2D eigenvalue weighted by molar-refractivity contribution is 5.39. The van der Waals surface area contributed by atoms with Gasteiger partial charge in [-0.2, -0.15) is 0 Å². The molecule has 0 radical (unpaired) electrons. The quantitative estimate of drug-likeness (QED) is 0.664. The highest BCUT2D eigenvalue weighted by Crippen LogP contribution is 2.35. The van der Waals surface area contributed by atoms with Gasteiger partial charge in [0, 0.05) is 18.5 Å². The number of hydrogen-bond donors (Lipinski definition) is 2. The van der Waals surface area contributed by atoms with E-state index in [-0.39, 0.29) is 6.54 Å². The Bertz CT molecular complexity index is 314.